The molecule has 0 radical (unpaired) electrons. The molecule has 13 heteroatoms. The number of nitrogens with zero attached hydrogens (tertiary/aromatic N) is 5. The van der Waals surface area contributed by atoms with Gasteiger partial charge in [-0.1, -0.05) is 36.3 Å². The highest BCUT2D eigenvalue weighted by atomic mass is 16.3. The number of hydrogen-bond acceptors (Lipinski definition) is 11. The van der Waals surface area contributed by atoms with E-state index in [1.165, 1.54) is 6.33 Å². The predicted octanol–water partition coefficient (Wildman–Crippen LogP) is -1.63. The van der Waals surface area contributed by atoms with Gasteiger partial charge in [0.25, 0.3) is 0 Å². The molecule has 0 spiro atoms. The Morgan fingerprint density at radius 1 is 1.17 bits per heavy atom. The molecular formula is C28H36N8O5. The number of anilines is 1. The molecule has 0 bridgehead atoms. The van der Waals surface area contributed by atoms with Crippen LogP contribution >= 0.6 is 0 Å². The van der Waals surface area contributed by atoms with Crippen LogP contribution in [-0.4, -0.2) is 114 Å². The summed E-state index contributed by atoms with van der Waals surface area (Å²) in [6.07, 6.45) is 0.699. The summed E-state index contributed by atoms with van der Waals surface area (Å²) < 4.78 is 1.65. The quantitative estimate of drug-likeness (QED) is 0.147. The Morgan fingerprint density at radius 3 is 2.68 bits per heavy atom. The molecule has 8 N–H and O–H groups in total. The Balaban J connectivity index is 1.47. The van der Waals surface area contributed by atoms with Crippen molar-refractivity contribution in [2.24, 2.45) is 5.73 Å². The zero-order valence-electron chi connectivity index (χ0n) is 22.6. The first-order valence-electron chi connectivity index (χ1n) is 13.7. The van der Waals surface area contributed by atoms with E-state index >= 15 is 0 Å². The van der Waals surface area contributed by atoms with Crippen LogP contribution in [0.3, 0.4) is 0 Å². The van der Waals surface area contributed by atoms with Gasteiger partial charge in [-0.15, -0.1) is 0 Å². The molecule has 1 unspecified atom stereocenters. The van der Waals surface area contributed by atoms with E-state index in [2.05, 4.69) is 42.3 Å². The lowest BCUT2D eigenvalue weighted by molar-refractivity contribution is -0.125. The molecule has 13 nitrogen and oxygen atoms in total. The maximum Gasteiger partial charge on any atom is 0.246 e. The first-order valence-corrected chi connectivity index (χ1v) is 13.7. The van der Waals surface area contributed by atoms with Crippen molar-refractivity contribution >= 4 is 22.9 Å². The highest BCUT2D eigenvalue weighted by Gasteiger charge is 2.43. The second kappa shape index (κ2) is 12.9. The van der Waals surface area contributed by atoms with Crippen LogP contribution in [0.25, 0.3) is 11.2 Å². The van der Waals surface area contributed by atoms with Crippen molar-refractivity contribution in [2.45, 2.75) is 55.6 Å². The summed E-state index contributed by atoms with van der Waals surface area (Å²) in [6.45, 7) is 1.30. The summed E-state index contributed by atoms with van der Waals surface area (Å²) in [5, 5.41) is 46.6. The van der Waals surface area contributed by atoms with Crippen LogP contribution in [0.15, 0.2) is 36.7 Å². The van der Waals surface area contributed by atoms with E-state index in [1.54, 1.807) is 4.57 Å². The number of nitrogens with two attached hydrogens (primary N) is 1. The maximum atomic E-state index is 11.7. The molecular weight excluding hydrogens is 528 g/mol. The molecule has 1 saturated heterocycles. The fourth-order valence-electron chi connectivity index (χ4n) is 5.49. The lowest BCUT2D eigenvalue weighted by atomic mass is 10.1. The molecule has 3 aromatic rings. The lowest BCUT2D eigenvalue weighted by Gasteiger charge is -2.19. The van der Waals surface area contributed by atoms with Gasteiger partial charge >= 0.3 is 0 Å². The van der Waals surface area contributed by atoms with Gasteiger partial charge in [0.2, 0.25) is 11.7 Å². The van der Waals surface area contributed by atoms with E-state index in [0.717, 1.165) is 25.1 Å². The molecule has 1 aromatic carbocycles. The van der Waals surface area contributed by atoms with Crippen molar-refractivity contribution in [2.75, 3.05) is 38.2 Å². The molecule has 41 heavy (non-hydrogen) atoms. The van der Waals surface area contributed by atoms with Crippen LogP contribution in [0.1, 0.15) is 30.3 Å². The minimum Gasteiger partial charge on any atom is -0.394 e. The lowest BCUT2D eigenvalue weighted by Crippen LogP contribution is -2.44. The number of fused-ring (bicyclic) bond motifs is 1. The third-order valence-corrected chi connectivity index (χ3v) is 7.62. The smallest absolute Gasteiger partial charge is 0.246 e. The molecule has 2 aromatic heterocycles. The first kappa shape index (κ1) is 28.9. The highest BCUT2D eigenvalue weighted by molar-refractivity contribution is 5.84. The number of aliphatic hydroxyl groups excluding tert-OH is 4. The van der Waals surface area contributed by atoms with E-state index < -0.39 is 36.8 Å². The summed E-state index contributed by atoms with van der Waals surface area (Å²) in [5.41, 5.74) is 7.85. The van der Waals surface area contributed by atoms with Crippen molar-refractivity contribution in [3.05, 3.63) is 48.0 Å². The number of nitrogens with one attached hydrogen (secondary N) is 2. The summed E-state index contributed by atoms with van der Waals surface area (Å²) in [6, 6.07) is 8.12. The molecule has 6 atom stereocenters. The van der Waals surface area contributed by atoms with Gasteiger partial charge in [-0.3, -0.25) is 9.69 Å². The maximum absolute atomic E-state index is 11.7. The second-order valence-electron chi connectivity index (χ2n) is 10.6. The van der Waals surface area contributed by atoms with Crippen LogP contribution in [-0.2, 0) is 11.2 Å². The third-order valence-electron chi connectivity index (χ3n) is 7.62. The minimum absolute atomic E-state index is 0.147. The first-order chi connectivity index (χ1) is 19.9. The molecule has 1 aliphatic carbocycles. The standard InChI is InChI=1S/C28H36N8O5/c29-18-8-10-35(13-18)9-4-7-22-33-27(31-19(14-37)11-17-5-2-1-3-6-17)24-28(34-22)36(16-30-24)21-12-20(25(40)26(21)41)32-23(39)15-38/h1-3,5-6,16,18-21,25-26,37-38,40-41H,8-15,29H2,(H,32,39)(H,31,33,34)/t18?,19-,20-,21+,25+,26-/m0/s1. The van der Waals surface area contributed by atoms with E-state index in [-0.39, 0.29) is 30.9 Å². The molecule has 1 amide bonds. The number of carbonyl (C=O) groups is 1. The van der Waals surface area contributed by atoms with E-state index in [9.17, 15) is 20.1 Å². The van der Waals surface area contributed by atoms with Crippen LogP contribution in [0.5, 0.6) is 0 Å². The predicted molar refractivity (Wildman–Crippen MR) is 151 cm³/mol. The fourth-order valence-corrected chi connectivity index (χ4v) is 5.49. The van der Waals surface area contributed by atoms with Gasteiger partial charge in [0.1, 0.15) is 18.8 Å². The number of benzene rings is 1. The van der Waals surface area contributed by atoms with Gasteiger partial charge in [0.15, 0.2) is 17.0 Å². The van der Waals surface area contributed by atoms with Gasteiger partial charge in [-0.25, -0.2) is 15.0 Å². The van der Waals surface area contributed by atoms with Crippen molar-refractivity contribution in [3.63, 3.8) is 0 Å². The average Bonchev–Trinajstić information content (AvgIpc) is 3.67. The Kier molecular flexibility index (Phi) is 9.09. The number of aliphatic hydroxyl groups is 4. The molecule has 1 saturated carbocycles. The van der Waals surface area contributed by atoms with Crippen LogP contribution < -0.4 is 16.4 Å². The number of hydrogen-bond donors (Lipinski definition) is 7. The van der Waals surface area contributed by atoms with E-state index in [0.29, 0.717) is 29.9 Å². The van der Waals surface area contributed by atoms with Crippen LogP contribution in [0.2, 0.25) is 0 Å². The summed E-state index contributed by atoms with van der Waals surface area (Å²) in [5.74, 6) is 6.14. The molecule has 2 fully saturated rings. The van der Waals surface area contributed by atoms with Gasteiger partial charge in [-0.2, -0.15) is 0 Å². The topological polar surface area (TPSA) is 195 Å². The number of rotatable bonds is 9. The largest absolute Gasteiger partial charge is 0.394 e. The van der Waals surface area contributed by atoms with Crippen LogP contribution in [0.4, 0.5) is 5.82 Å². The zero-order chi connectivity index (χ0) is 28.9. The summed E-state index contributed by atoms with van der Waals surface area (Å²) in [4.78, 5) is 27.7. The molecule has 5 rings (SSSR count). The Bertz CT molecular complexity index is 1410. The monoisotopic (exact) mass is 564 g/mol. The number of aromatic nitrogens is 4. The van der Waals surface area contributed by atoms with Crippen molar-refractivity contribution in [1.29, 1.82) is 0 Å². The van der Waals surface area contributed by atoms with Crippen molar-refractivity contribution in [3.8, 4) is 11.8 Å². The van der Waals surface area contributed by atoms with E-state index in [1.807, 2.05) is 30.3 Å². The summed E-state index contributed by atoms with van der Waals surface area (Å²) >= 11 is 0. The fraction of sp³-hybridized carbons (Fsp3) is 0.500. The van der Waals surface area contributed by atoms with Gasteiger partial charge in [0, 0.05) is 19.1 Å². The summed E-state index contributed by atoms with van der Waals surface area (Å²) in [7, 11) is 0. The Labute approximate surface area is 237 Å². The number of likely N-dealkylation sites (tertiary alicyclic amines) is 1. The molecule has 1 aliphatic heterocycles. The van der Waals surface area contributed by atoms with Gasteiger partial charge in [-0.05, 0) is 30.7 Å². The number of amides is 1. The Hall–Kier alpha value is -3.64. The van der Waals surface area contributed by atoms with Crippen molar-refractivity contribution < 1.29 is 25.2 Å². The van der Waals surface area contributed by atoms with Crippen LogP contribution in [0, 0.1) is 11.8 Å². The minimum atomic E-state index is -1.25. The van der Waals surface area contributed by atoms with Crippen molar-refractivity contribution in [1.82, 2.24) is 29.7 Å². The molecule has 3 heterocycles. The number of imidazole rings is 1. The SMILES string of the molecule is NC1CCN(CC#Cc2nc(N[C@H](CO)Cc3ccccc3)c3ncn([C@@H]4C[C@H](NC(=O)CO)[C@@H](O)[C@H]4O)c3n2)C1. The third kappa shape index (κ3) is 6.65. The molecule has 2 aliphatic rings. The van der Waals surface area contributed by atoms with E-state index in [4.69, 9.17) is 10.8 Å². The zero-order valence-corrected chi connectivity index (χ0v) is 22.6. The Morgan fingerprint density at radius 2 is 1.98 bits per heavy atom. The number of carbonyl (C=O) groups excluding carboxylic acids is 1. The normalized spacial score (nSPS) is 25.1. The average molecular weight is 565 g/mol. The molecule has 218 valence electrons. The highest BCUT2D eigenvalue weighted by Crippen LogP contribution is 2.34. The van der Waals surface area contributed by atoms with Gasteiger partial charge in [0.05, 0.1) is 37.6 Å². The second-order valence-corrected chi connectivity index (χ2v) is 10.6. The van der Waals surface area contributed by atoms with Gasteiger partial charge < -0.3 is 41.4 Å².